The van der Waals surface area contributed by atoms with Gasteiger partial charge in [0.25, 0.3) is 0 Å². The van der Waals surface area contributed by atoms with Crippen molar-refractivity contribution >= 4 is 33.8 Å². The normalized spacial score (nSPS) is 19.0. The minimum Gasteiger partial charge on any atom is -0.506 e. The maximum Gasteiger partial charge on any atom is 0.137 e. The van der Waals surface area contributed by atoms with Crippen molar-refractivity contribution in [2.45, 2.75) is 20.3 Å². The second-order valence-corrected chi connectivity index (χ2v) is 7.21. The molecule has 3 aromatic rings. The fourth-order valence-corrected chi connectivity index (χ4v) is 3.52. The Hall–Kier alpha value is -2.53. The Morgan fingerprint density at radius 3 is 2.76 bits per heavy atom. The summed E-state index contributed by atoms with van der Waals surface area (Å²) in [5.74, 6) is 2.18. The number of nitrogens with one attached hydrogen (secondary N) is 1. The van der Waals surface area contributed by atoms with Crippen molar-refractivity contribution < 1.29 is 5.11 Å². The lowest BCUT2D eigenvalue weighted by atomic mass is 10.00. The Balaban J connectivity index is 1.65. The zero-order valence-corrected chi connectivity index (χ0v) is 15.0. The van der Waals surface area contributed by atoms with Gasteiger partial charge in [-0.05, 0) is 42.3 Å². The number of anilines is 1. The molecule has 2 heterocycles. The Morgan fingerprint density at radius 2 is 2.00 bits per heavy atom. The van der Waals surface area contributed by atoms with Gasteiger partial charge in [-0.15, -0.1) is 0 Å². The fraction of sp³-hybridized carbons (Fsp3) is 0.250. The van der Waals surface area contributed by atoms with Crippen LogP contribution in [0.25, 0.3) is 21.9 Å². The molecule has 126 valence electrons. The molecular formula is C20H19N3OS. The van der Waals surface area contributed by atoms with E-state index in [9.17, 15) is 5.11 Å². The van der Waals surface area contributed by atoms with E-state index < -0.39 is 0 Å². The molecule has 2 atom stereocenters. The molecule has 4 nitrogen and oxygen atoms in total. The number of fused-ring (bicyclic) bond motifs is 1. The number of pyridine rings is 2. The van der Waals surface area contributed by atoms with Crippen LogP contribution in [0.5, 0.6) is 5.75 Å². The summed E-state index contributed by atoms with van der Waals surface area (Å²) in [5.41, 5.74) is 2.76. The largest absolute Gasteiger partial charge is 0.506 e. The van der Waals surface area contributed by atoms with Gasteiger partial charge in [0, 0.05) is 34.8 Å². The lowest BCUT2D eigenvalue weighted by Gasteiger charge is -2.10. The van der Waals surface area contributed by atoms with Gasteiger partial charge in [-0.2, -0.15) is 0 Å². The maximum atomic E-state index is 9.87. The highest BCUT2D eigenvalue weighted by Crippen LogP contribution is 2.39. The second-order valence-electron chi connectivity index (χ2n) is 6.77. The van der Waals surface area contributed by atoms with E-state index in [2.05, 4.69) is 34.3 Å². The first kappa shape index (κ1) is 16.0. The third kappa shape index (κ3) is 3.07. The summed E-state index contributed by atoms with van der Waals surface area (Å²) in [6.07, 6.45) is 6.25. The molecule has 2 aromatic heterocycles. The zero-order valence-electron chi connectivity index (χ0n) is 14.2. The summed E-state index contributed by atoms with van der Waals surface area (Å²) in [6, 6.07) is 8.18. The Kier molecular flexibility index (Phi) is 3.88. The molecule has 1 fully saturated rings. The van der Waals surface area contributed by atoms with Gasteiger partial charge in [-0.25, -0.2) is 4.98 Å². The van der Waals surface area contributed by atoms with Crippen LogP contribution in [-0.4, -0.2) is 20.1 Å². The molecule has 0 amide bonds. The van der Waals surface area contributed by atoms with Crippen molar-refractivity contribution in [2.24, 2.45) is 11.8 Å². The van der Waals surface area contributed by atoms with Crippen LogP contribution in [-0.2, 0) is 0 Å². The molecule has 0 spiro atoms. The zero-order chi connectivity index (χ0) is 17.6. The van der Waals surface area contributed by atoms with Gasteiger partial charge in [0.2, 0.25) is 0 Å². The molecule has 0 aliphatic heterocycles. The molecule has 25 heavy (non-hydrogen) atoms. The number of thiocarbonyl (C=S) groups is 1. The van der Waals surface area contributed by atoms with Crippen LogP contribution in [0.4, 0.5) is 5.82 Å². The van der Waals surface area contributed by atoms with Crippen molar-refractivity contribution in [3.63, 3.8) is 0 Å². The lowest BCUT2D eigenvalue weighted by Crippen LogP contribution is -2.12. The van der Waals surface area contributed by atoms with E-state index in [0.717, 1.165) is 38.3 Å². The van der Waals surface area contributed by atoms with E-state index in [0.29, 0.717) is 11.8 Å². The van der Waals surface area contributed by atoms with Crippen LogP contribution >= 0.6 is 12.2 Å². The van der Waals surface area contributed by atoms with E-state index in [-0.39, 0.29) is 5.75 Å². The molecule has 1 aromatic carbocycles. The van der Waals surface area contributed by atoms with Crippen LogP contribution in [0.2, 0.25) is 0 Å². The summed E-state index contributed by atoms with van der Waals surface area (Å²) in [6.45, 7) is 4.11. The Labute approximate surface area is 151 Å². The van der Waals surface area contributed by atoms with Gasteiger partial charge in [0.1, 0.15) is 11.6 Å². The van der Waals surface area contributed by atoms with Crippen LogP contribution in [0, 0.1) is 18.8 Å². The summed E-state index contributed by atoms with van der Waals surface area (Å²) < 4.78 is 0. The van der Waals surface area contributed by atoms with Crippen molar-refractivity contribution in [1.29, 1.82) is 0 Å². The molecule has 0 radical (unpaired) electrons. The first-order valence-corrected chi connectivity index (χ1v) is 8.78. The van der Waals surface area contributed by atoms with Crippen molar-refractivity contribution in [1.82, 2.24) is 9.97 Å². The number of hydrogen-bond donors (Lipinski definition) is 2. The molecule has 2 N–H and O–H groups in total. The number of nitrogens with zero attached hydrogens (tertiary/aromatic N) is 2. The van der Waals surface area contributed by atoms with Crippen molar-refractivity contribution in [3.8, 4) is 16.9 Å². The maximum absolute atomic E-state index is 9.87. The summed E-state index contributed by atoms with van der Waals surface area (Å²) in [4.78, 5) is 9.47. The molecular weight excluding hydrogens is 330 g/mol. The fourth-order valence-electron chi connectivity index (χ4n) is 3.09. The van der Waals surface area contributed by atoms with Gasteiger partial charge in [0.15, 0.2) is 0 Å². The van der Waals surface area contributed by atoms with Crippen LogP contribution in [0.3, 0.4) is 0 Å². The third-order valence-electron chi connectivity index (χ3n) is 4.92. The number of aromatic nitrogens is 2. The Bertz CT molecular complexity index is 986. The minimum absolute atomic E-state index is 0.207. The Morgan fingerprint density at radius 1 is 1.20 bits per heavy atom. The number of aromatic hydroxyl groups is 1. The second kappa shape index (κ2) is 6.08. The number of hydrogen-bond acceptors (Lipinski definition) is 4. The van der Waals surface area contributed by atoms with Crippen LogP contribution in [0.1, 0.15) is 18.9 Å². The average molecular weight is 349 g/mol. The van der Waals surface area contributed by atoms with E-state index in [1.54, 1.807) is 6.20 Å². The lowest BCUT2D eigenvalue weighted by molar-refractivity contribution is 0.469. The first-order chi connectivity index (χ1) is 12.0. The molecule has 2 unspecified atom stereocenters. The molecule has 0 saturated heterocycles. The predicted octanol–water partition coefficient (Wildman–Crippen LogP) is 4.71. The van der Waals surface area contributed by atoms with Gasteiger partial charge in [-0.1, -0.05) is 31.3 Å². The summed E-state index contributed by atoms with van der Waals surface area (Å²) in [5, 5.41) is 15.3. The highest BCUT2D eigenvalue weighted by molar-refractivity contribution is 7.80. The van der Waals surface area contributed by atoms with Crippen LogP contribution in [0.15, 0.2) is 42.9 Å². The topological polar surface area (TPSA) is 58.0 Å². The van der Waals surface area contributed by atoms with E-state index >= 15 is 0 Å². The quantitative estimate of drug-likeness (QED) is 0.671. The van der Waals surface area contributed by atoms with Gasteiger partial charge < -0.3 is 10.4 Å². The minimum atomic E-state index is 0.207. The molecule has 1 aliphatic carbocycles. The third-order valence-corrected chi connectivity index (χ3v) is 5.32. The van der Waals surface area contributed by atoms with Crippen LogP contribution < -0.4 is 5.32 Å². The SMILES string of the molecule is Cc1c(O)cncc1-c1ccc2cc(NC(=S)C3CC3C)ncc2c1. The standard InChI is InChI=1S/C20H19N3OS/c1-11-5-16(11)20(25)23-19-7-13-3-4-14(6-15(13)8-22-19)17-9-21-10-18(24)12(17)2/h3-4,6-11,16,24H,5H2,1-2H3,(H,22,23,25). The van der Waals surface area contributed by atoms with Gasteiger partial charge in [0.05, 0.1) is 11.2 Å². The highest BCUT2D eigenvalue weighted by Gasteiger charge is 2.36. The molecule has 4 rings (SSSR count). The van der Waals surface area contributed by atoms with E-state index in [1.807, 2.05) is 25.3 Å². The molecule has 5 heteroatoms. The molecule has 0 bridgehead atoms. The first-order valence-electron chi connectivity index (χ1n) is 8.37. The van der Waals surface area contributed by atoms with Gasteiger partial charge >= 0.3 is 0 Å². The number of rotatable bonds is 3. The van der Waals surface area contributed by atoms with E-state index in [1.165, 1.54) is 12.6 Å². The van der Waals surface area contributed by atoms with E-state index in [4.69, 9.17) is 12.2 Å². The number of benzene rings is 1. The predicted molar refractivity (Wildman–Crippen MR) is 105 cm³/mol. The average Bonchev–Trinajstić information content (AvgIpc) is 3.34. The van der Waals surface area contributed by atoms with Crippen molar-refractivity contribution in [3.05, 3.63) is 48.4 Å². The van der Waals surface area contributed by atoms with Crippen molar-refractivity contribution in [2.75, 3.05) is 5.32 Å². The molecule has 1 saturated carbocycles. The summed E-state index contributed by atoms with van der Waals surface area (Å²) >= 11 is 5.45. The smallest absolute Gasteiger partial charge is 0.137 e. The highest BCUT2D eigenvalue weighted by atomic mass is 32.1. The summed E-state index contributed by atoms with van der Waals surface area (Å²) in [7, 11) is 0. The monoisotopic (exact) mass is 349 g/mol. The van der Waals surface area contributed by atoms with Gasteiger partial charge in [-0.3, -0.25) is 4.98 Å². The molecule has 1 aliphatic rings.